The van der Waals surface area contributed by atoms with Crippen LogP contribution >= 0.6 is 0 Å². The summed E-state index contributed by atoms with van der Waals surface area (Å²) in [5.74, 6) is 4.45. The van der Waals surface area contributed by atoms with E-state index >= 15 is 0 Å². The fourth-order valence-corrected chi connectivity index (χ4v) is 18.6. The minimum Gasteiger partial charge on any atom is -0.493 e. The largest absolute Gasteiger partial charge is 0.493 e. The number of ether oxygens (including phenoxy) is 2. The second kappa shape index (κ2) is 34.6. The van der Waals surface area contributed by atoms with Gasteiger partial charge in [0, 0.05) is 22.2 Å². The Balaban J connectivity index is 1.27. The third-order valence-corrected chi connectivity index (χ3v) is 23.4. The summed E-state index contributed by atoms with van der Waals surface area (Å²) in [6, 6.07) is 66.6. The van der Waals surface area contributed by atoms with Crippen molar-refractivity contribution in [3.63, 3.8) is 0 Å². The van der Waals surface area contributed by atoms with E-state index in [4.69, 9.17) is 33.1 Å². The fraction of sp³-hybridized carbons (Fsp3) is 0.412. The number of rotatable bonds is 28. The highest BCUT2D eigenvalue weighted by Gasteiger charge is 2.40. The number of fused-ring (bicyclic) bond motifs is 3. The lowest BCUT2D eigenvalue weighted by Gasteiger charge is -2.31. The van der Waals surface area contributed by atoms with Crippen LogP contribution in [0.5, 0.6) is 11.5 Å². The molecule has 0 saturated carbocycles. The molecule has 0 aliphatic heterocycles. The molecular weight excluding hydrogens is 1390 g/mol. The highest BCUT2D eigenvalue weighted by molar-refractivity contribution is 6.86. The van der Waals surface area contributed by atoms with E-state index in [1.165, 1.54) is 0 Å². The maximum atomic E-state index is 12.9. The smallest absolute Gasteiger partial charge is 0.328 e. The van der Waals surface area contributed by atoms with Crippen molar-refractivity contribution in [1.29, 1.82) is 5.26 Å². The molecule has 0 aliphatic rings. The van der Waals surface area contributed by atoms with Gasteiger partial charge in [-0.25, -0.2) is 14.8 Å². The molecule has 0 saturated heterocycles. The summed E-state index contributed by atoms with van der Waals surface area (Å²) < 4.78 is 33.3. The topological polar surface area (TPSA) is 109 Å². The number of nitriles is 1. The number of benzene rings is 8. The molecule has 12 heteroatoms. The van der Waals surface area contributed by atoms with Crippen molar-refractivity contribution < 1.29 is 18.3 Å². The van der Waals surface area contributed by atoms with Crippen LogP contribution in [0.3, 0.4) is 0 Å². The van der Waals surface area contributed by atoms with Gasteiger partial charge in [0.1, 0.15) is 34.2 Å². The van der Waals surface area contributed by atoms with Crippen LogP contribution in [-0.2, 0) is 0 Å². The van der Waals surface area contributed by atoms with Crippen LogP contribution in [0.1, 0.15) is 207 Å². The van der Waals surface area contributed by atoms with Crippen LogP contribution in [0, 0.1) is 117 Å². The summed E-state index contributed by atoms with van der Waals surface area (Å²) >= 11 is 0. The Bertz CT molecular complexity index is 5180. The van der Waals surface area contributed by atoms with Gasteiger partial charge >= 0.3 is 13.7 Å². The van der Waals surface area contributed by atoms with Crippen LogP contribution in [0.2, 0.25) is 0 Å². The molecule has 4 heterocycles. The lowest BCUT2D eigenvalue weighted by Crippen LogP contribution is -2.56. The molecule has 0 amide bonds. The second-order valence-corrected chi connectivity index (χ2v) is 38.6. The Morgan fingerprint density at radius 1 is 0.447 bits per heavy atom. The van der Waals surface area contributed by atoms with Gasteiger partial charge in [-0.2, -0.15) is 5.26 Å². The van der Waals surface area contributed by atoms with Crippen LogP contribution in [0.15, 0.2) is 191 Å². The second-order valence-electron chi connectivity index (χ2n) is 38.6. The van der Waals surface area contributed by atoms with Crippen LogP contribution in [-0.4, -0.2) is 45.8 Å². The Kier molecular flexibility index (Phi) is 25.3. The number of nitrogens with zero attached hydrogens (tertiary/aromatic N) is 6. The normalized spacial score (nSPS) is 14.5. The highest BCUT2D eigenvalue weighted by atomic mass is 16.5. The maximum Gasteiger partial charge on any atom is 0.328 e. The first-order valence-electron chi connectivity index (χ1n) is 41.8. The standard InChI is InChI=1S/C102H122B2N6O4/c1-65-42-54-88-86(56-65)107-97(113-88)81(62-105)95-90-91(94(109(95)103(82-36-28-24-32-69(82)5)83-37-29-25-33-70(83)6)76-48-52-80(53-49-76)112-64-78(74(10)61-102(20,21)22)45-41-68(4)59-100(14,15)16)96(92(106-23)98-108-87-57-66(2)43-55-89(87)114-98)110(104(84-38-30-26-34-71(84)7)85-39-31-27-35-72(85)8)93(90)75-46-50-79(51-47-75)111-63-77(73(9)60-101(17,18)19)44-40-67(3)58-99(11,12)13/h24-39,42-43,46-57,67-68,73-74,77-78H,40-41,44-45,58-61,63-64H2,1-22H3/b95-81-,96-92+. The number of aryl methyl sites for hydroxylation is 6. The molecular formula is C102H122B2N6O4. The predicted molar refractivity (Wildman–Crippen MR) is 480 cm³/mol. The third-order valence-electron chi connectivity index (χ3n) is 23.4. The number of hydrogen-bond acceptors (Lipinski definition) is 7. The van der Waals surface area contributed by atoms with Gasteiger partial charge in [0.15, 0.2) is 11.2 Å². The van der Waals surface area contributed by atoms with E-state index in [0.29, 0.717) is 92.4 Å². The molecule has 114 heavy (non-hydrogen) atoms. The fourth-order valence-electron chi connectivity index (χ4n) is 18.6. The molecule has 0 radical (unpaired) electrons. The van der Waals surface area contributed by atoms with Crippen LogP contribution < -0.4 is 42.0 Å². The van der Waals surface area contributed by atoms with Gasteiger partial charge in [-0.05, 0) is 254 Å². The molecule has 590 valence electrons. The first-order chi connectivity index (χ1) is 54.0. The van der Waals surface area contributed by atoms with Gasteiger partial charge in [0.05, 0.1) is 30.5 Å². The highest BCUT2D eigenvalue weighted by Crippen LogP contribution is 2.42. The number of aromatic nitrogens is 4. The Morgan fingerprint density at radius 3 is 1.14 bits per heavy atom. The van der Waals surface area contributed by atoms with E-state index in [-0.39, 0.29) is 44.7 Å². The average molecular weight is 1520 g/mol. The van der Waals surface area contributed by atoms with Crippen molar-refractivity contribution in [2.24, 2.45) is 57.2 Å². The summed E-state index contributed by atoms with van der Waals surface area (Å²) in [6.45, 7) is 60.6. The number of hydrogen-bond donors (Lipinski definition) is 0. The Labute approximate surface area is 681 Å². The summed E-state index contributed by atoms with van der Waals surface area (Å²) in [7, 11) is 0. The molecule has 8 aromatic carbocycles. The zero-order valence-electron chi connectivity index (χ0n) is 72.3. The van der Waals surface area contributed by atoms with Gasteiger partial charge in [-0.1, -0.05) is 255 Å². The maximum absolute atomic E-state index is 12.9. The molecule has 6 atom stereocenters. The van der Waals surface area contributed by atoms with Crippen molar-refractivity contribution in [3.05, 3.63) is 249 Å². The van der Waals surface area contributed by atoms with E-state index in [1.807, 2.05) is 43.3 Å². The van der Waals surface area contributed by atoms with Crippen molar-refractivity contribution in [2.75, 3.05) is 13.2 Å². The lowest BCUT2D eigenvalue weighted by molar-refractivity contribution is 0.147. The molecule has 6 unspecified atom stereocenters. The van der Waals surface area contributed by atoms with Crippen molar-refractivity contribution in [3.8, 4) is 40.1 Å². The molecule has 12 aromatic rings. The van der Waals surface area contributed by atoms with Crippen LogP contribution in [0.4, 0.5) is 0 Å². The quantitative estimate of drug-likeness (QED) is 0.0355. The predicted octanol–water partition coefficient (Wildman–Crippen LogP) is 22.9. The first-order valence-corrected chi connectivity index (χ1v) is 41.8. The Morgan fingerprint density at radius 2 is 0.789 bits per heavy atom. The van der Waals surface area contributed by atoms with E-state index in [2.05, 4.69) is 306 Å². The summed E-state index contributed by atoms with van der Waals surface area (Å²) in [6.07, 6.45) is 8.86. The van der Waals surface area contributed by atoms with Gasteiger partial charge in [0.25, 0.3) is 5.70 Å². The summed E-state index contributed by atoms with van der Waals surface area (Å²) in [5.41, 5.74) is 17.0. The summed E-state index contributed by atoms with van der Waals surface area (Å²) in [5, 5.41) is 15.4. The SMILES string of the molecule is [C-]#[N+]/C(c1nc2cc(C)ccc2o1)=c1\c2c(-c3ccc(OCC(CCC(C)CC(C)(C)C)C(C)CC(C)(C)C)cc3)n(B(c3ccccc3C)c3ccccc3C)/c(=C(/C#N)c3nc4cc(C)ccc4o3)c2c(-c2ccc(OCC(CCC(C)CC(C)(C)C)C(C)CC(C)(C)C)cc2)n1B(c1ccccc1C)c1ccccc1C. The first kappa shape index (κ1) is 83.4. The van der Waals surface area contributed by atoms with Gasteiger partial charge < -0.3 is 27.3 Å². The minimum absolute atomic E-state index is 0.144. The van der Waals surface area contributed by atoms with Crippen LogP contribution in [0.25, 0.3) is 71.6 Å². The molecule has 0 spiro atoms. The molecule has 0 bridgehead atoms. The lowest BCUT2D eigenvalue weighted by atomic mass is 9.48. The third kappa shape index (κ3) is 19.3. The van der Waals surface area contributed by atoms with Gasteiger partial charge in [0.2, 0.25) is 11.8 Å². The minimum atomic E-state index is -0.636. The zero-order chi connectivity index (χ0) is 81.9. The average Bonchev–Trinajstić information content (AvgIpc) is 1.52. The van der Waals surface area contributed by atoms with E-state index in [9.17, 15) is 11.8 Å². The number of oxazole rings is 2. The van der Waals surface area contributed by atoms with E-state index in [0.717, 1.165) is 141 Å². The molecule has 10 nitrogen and oxygen atoms in total. The van der Waals surface area contributed by atoms with E-state index in [1.54, 1.807) is 0 Å². The molecule has 12 rings (SSSR count). The monoisotopic (exact) mass is 1520 g/mol. The Hall–Kier alpha value is -10.0. The van der Waals surface area contributed by atoms with Gasteiger partial charge in [-0.15, -0.1) is 0 Å². The molecule has 0 aliphatic carbocycles. The van der Waals surface area contributed by atoms with Crippen molar-refractivity contribution >= 4 is 79.8 Å². The molecule has 0 fully saturated rings. The molecule has 4 aromatic heterocycles. The van der Waals surface area contributed by atoms with Crippen molar-refractivity contribution in [1.82, 2.24) is 18.9 Å². The van der Waals surface area contributed by atoms with Gasteiger partial charge in [-0.3, -0.25) is 0 Å². The van der Waals surface area contributed by atoms with E-state index < -0.39 is 13.7 Å². The van der Waals surface area contributed by atoms with Crippen molar-refractivity contribution in [2.45, 2.75) is 204 Å². The summed E-state index contributed by atoms with van der Waals surface area (Å²) in [4.78, 5) is 15.6. The molecule has 0 N–H and O–H groups in total. The zero-order valence-corrected chi connectivity index (χ0v) is 72.3.